The minimum Gasteiger partial charge on any atom is -0.384 e. The third-order valence-corrected chi connectivity index (χ3v) is 3.98. The monoisotopic (exact) mass is 277 g/mol. The number of benzene rings is 1. The Morgan fingerprint density at radius 3 is 2.55 bits per heavy atom. The first-order chi connectivity index (χ1) is 9.58. The van der Waals surface area contributed by atoms with Crippen LogP contribution in [0.25, 0.3) is 0 Å². The Labute approximate surface area is 122 Å². The van der Waals surface area contributed by atoms with Crippen molar-refractivity contribution in [2.45, 2.75) is 12.5 Å². The summed E-state index contributed by atoms with van der Waals surface area (Å²) in [5.41, 5.74) is 0.188. The molecule has 0 aliphatic carbocycles. The van der Waals surface area contributed by atoms with E-state index in [0.717, 1.165) is 44.8 Å². The Bertz CT molecular complexity index is 388. The van der Waals surface area contributed by atoms with Crippen LogP contribution in [0, 0.1) is 0 Å². The van der Waals surface area contributed by atoms with Crippen molar-refractivity contribution in [2.24, 2.45) is 0 Å². The molecule has 1 aromatic rings. The van der Waals surface area contributed by atoms with E-state index in [0.29, 0.717) is 6.54 Å². The van der Waals surface area contributed by atoms with Crippen molar-refractivity contribution in [3.63, 3.8) is 0 Å². The Morgan fingerprint density at radius 2 is 1.90 bits per heavy atom. The van der Waals surface area contributed by atoms with Crippen LogP contribution in [0.2, 0.25) is 0 Å². The van der Waals surface area contributed by atoms with Crippen LogP contribution in [0.15, 0.2) is 30.3 Å². The molecule has 1 fully saturated rings. The molecule has 1 heterocycles. The summed E-state index contributed by atoms with van der Waals surface area (Å²) in [4.78, 5) is 4.69. The Hall–Kier alpha value is -0.940. The molecule has 2 N–H and O–H groups in total. The van der Waals surface area contributed by atoms with Gasteiger partial charge in [0.05, 0.1) is 5.60 Å². The lowest BCUT2D eigenvalue weighted by molar-refractivity contribution is 0.0208. The molecular weight excluding hydrogens is 250 g/mol. The number of piperazine rings is 1. The minimum atomic E-state index is -0.792. The smallest absolute Gasteiger partial charge is 0.0994 e. The van der Waals surface area contributed by atoms with E-state index in [1.54, 1.807) is 0 Å². The fourth-order valence-electron chi connectivity index (χ4n) is 2.74. The van der Waals surface area contributed by atoms with Gasteiger partial charge in [-0.05, 0) is 19.5 Å². The second kappa shape index (κ2) is 7.18. The van der Waals surface area contributed by atoms with E-state index in [-0.39, 0.29) is 0 Å². The van der Waals surface area contributed by atoms with Crippen molar-refractivity contribution in [1.29, 1.82) is 0 Å². The van der Waals surface area contributed by atoms with Crippen LogP contribution < -0.4 is 5.32 Å². The van der Waals surface area contributed by atoms with Gasteiger partial charge in [-0.25, -0.2) is 0 Å². The summed E-state index contributed by atoms with van der Waals surface area (Å²) >= 11 is 0. The summed E-state index contributed by atoms with van der Waals surface area (Å²) in [7, 11) is 2.08. The predicted molar refractivity (Wildman–Crippen MR) is 82.8 cm³/mol. The van der Waals surface area contributed by atoms with Gasteiger partial charge in [-0.1, -0.05) is 30.3 Å². The summed E-state index contributed by atoms with van der Waals surface area (Å²) in [6.07, 6.45) is 0. The van der Waals surface area contributed by atoms with Gasteiger partial charge in [0.15, 0.2) is 0 Å². The molecule has 0 aromatic heterocycles. The zero-order chi connectivity index (χ0) is 14.4. The number of rotatable bonds is 6. The quantitative estimate of drug-likeness (QED) is 0.804. The second-order valence-electron chi connectivity index (χ2n) is 5.97. The number of hydrogen-bond donors (Lipinski definition) is 2. The first kappa shape index (κ1) is 15.4. The van der Waals surface area contributed by atoms with Crippen LogP contribution >= 0.6 is 0 Å². The molecule has 2 rings (SSSR count). The molecule has 1 aliphatic rings. The number of aliphatic hydroxyl groups is 1. The average Bonchev–Trinajstić information content (AvgIpc) is 2.47. The van der Waals surface area contributed by atoms with Crippen LogP contribution in [-0.2, 0) is 5.60 Å². The van der Waals surface area contributed by atoms with Crippen LogP contribution in [-0.4, -0.2) is 67.8 Å². The highest BCUT2D eigenvalue weighted by atomic mass is 16.3. The molecule has 4 heteroatoms. The lowest BCUT2D eigenvalue weighted by atomic mass is 9.95. The molecule has 0 amide bonds. The molecule has 0 spiro atoms. The number of nitrogens with zero attached hydrogens (tertiary/aromatic N) is 2. The van der Waals surface area contributed by atoms with Crippen molar-refractivity contribution in [3.8, 4) is 0 Å². The minimum absolute atomic E-state index is 0.656. The summed E-state index contributed by atoms with van der Waals surface area (Å²) in [6, 6.07) is 9.91. The third-order valence-electron chi connectivity index (χ3n) is 3.98. The first-order valence-electron chi connectivity index (χ1n) is 7.47. The van der Waals surface area contributed by atoms with E-state index < -0.39 is 5.60 Å². The van der Waals surface area contributed by atoms with Crippen LogP contribution in [0.1, 0.15) is 12.5 Å². The topological polar surface area (TPSA) is 38.7 Å². The highest BCUT2D eigenvalue weighted by Gasteiger charge is 2.24. The molecule has 1 saturated heterocycles. The van der Waals surface area contributed by atoms with E-state index in [9.17, 15) is 5.11 Å². The zero-order valence-electron chi connectivity index (χ0n) is 12.7. The van der Waals surface area contributed by atoms with E-state index >= 15 is 0 Å². The van der Waals surface area contributed by atoms with Crippen molar-refractivity contribution in [1.82, 2.24) is 15.1 Å². The molecule has 0 saturated carbocycles. The standard InChI is InChI=1S/C16H27N3O/c1-16(20,15-6-4-3-5-7-15)14-18(2)12-13-19-10-8-17-9-11-19/h3-7,17,20H,8-14H2,1-2H3. The highest BCUT2D eigenvalue weighted by molar-refractivity contribution is 5.21. The summed E-state index contributed by atoms with van der Waals surface area (Å²) in [5, 5.41) is 14.0. The largest absolute Gasteiger partial charge is 0.384 e. The van der Waals surface area contributed by atoms with E-state index in [1.807, 2.05) is 37.3 Å². The van der Waals surface area contributed by atoms with Crippen LogP contribution in [0.5, 0.6) is 0 Å². The lowest BCUT2D eigenvalue weighted by Crippen LogP contribution is -2.47. The molecule has 4 nitrogen and oxygen atoms in total. The van der Waals surface area contributed by atoms with Crippen molar-refractivity contribution >= 4 is 0 Å². The Balaban J connectivity index is 1.79. The fourth-order valence-corrected chi connectivity index (χ4v) is 2.74. The molecule has 0 bridgehead atoms. The number of likely N-dealkylation sites (N-methyl/N-ethyl adjacent to an activating group) is 1. The lowest BCUT2D eigenvalue weighted by Gasteiger charge is -2.32. The van der Waals surface area contributed by atoms with E-state index in [1.165, 1.54) is 0 Å². The van der Waals surface area contributed by atoms with Crippen molar-refractivity contribution in [3.05, 3.63) is 35.9 Å². The molecule has 1 unspecified atom stereocenters. The number of nitrogens with one attached hydrogen (secondary N) is 1. The van der Waals surface area contributed by atoms with Gasteiger partial charge in [0.1, 0.15) is 0 Å². The van der Waals surface area contributed by atoms with Gasteiger partial charge >= 0.3 is 0 Å². The molecule has 112 valence electrons. The SMILES string of the molecule is CN(CCN1CCNCC1)CC(C)(O)c1ccccc1. The van der Waals surface area contributed by atoms with E-state index in [2.05, 4.69) is 22.2 Å². The van der Waals surface area contributed by atoms with Crippen molar-refractivity contribution in [2.75, 3.05) is 52.9 Å². The van der Waals surface area contributed by atoms with Gasteiger partial charge in [-0.3, -0.25) is 4.90 Å². The van der Waals surface area contributed by atoms with Gasteiger partial charge in [-0.2, -0.15) is 0 Å². The second-order valence-corrected chi connectivity index (χ2v) is 5.97. The molecule has 1 aromatic carbocycles. The maximum absolute atomic E-state index is 10.6. The van der Waals surface area contributed by atoms with Gasteiger partial charge in [0, 0.05) is 45.8 Å². The van der Waals surface area contributed by atoms with Gasteiger partial charge in [-0.15, -0.1) is 0 Å². The molecule has 1 aliphatic heterocycles. The summed E-state index contributed by atoms with van der Waals surface area (Å²) in [5.74, 6) is 0. The molecule has 0 radical (unpaired) electrons. The maximum atomic E-state index is 10.6. The first-order valence-corrected chi connectivity index (χ1v) is 7.47. The maximum Gasteiger partial charge on any atom is 0.0994 e. The zero-order valence-corrected chi connectivity index (χ0v) is 12.7. The highest BCUT2D eigenvalue weighted by Crippen LogP contribution is 2.20. The summed E-state index contributed by atoms with van der Waals surface area (Å²) < 4.78 is 0. The van der Waals surface area contributed by atoms with Crippen LogP contribution in [0.3, 0.4) is 0 Å². The molecule has 20 heavy (non-hydrogen) atoms. The normalized spacial score (nSPS) is 20.0. The van der Waals surface area contributed by atoms with Gasteiger partial charge in [0.25, 0.3) is 0 Å². The number of hydrogen-bond acceptors (Lipinski definition) is 4. The predicted octanol–water partition coefficient (Wildman–Crippen LogP) is 0.731. The van der Waals surface area contributed by atoms with Gasteiger partial charge in [0.2, 0.25) is 0 Å². The fraction of sp³-hybridized carbons (Fsp3) is 0.625. The molecular formula is C16H27N3O. The molecule has 1 atom stereocenters. The summed E-state index contributed by atoms with van der Waals surface area (Å²) in [6.45, 7) is 9.04. The van der Waals surface area contributed by atoms with Crippen LogP contribution in [0.4, 0.5) is 0 Å². The average molecular weight is 277 g/mol. The third kappa shape index (κ3) is 4.56. The Kier molecular flexibility index (Phi) is 5.54. The van der Waals surface area contributed by atoms with Gasteiger partial charge < -0.3 is 15.3 Å². The van der Waals surface area contributed by atoms with E-state index in [4.69, 9.17) is 0 Å². The van der Waals surface area contributed by atoms with Crippen molar-refractivity contribution < 1.29 is 5.11 Å². The Morgan fingerprint density at radius 1 is 1.25 bits per heavy atom.